The van der Waals surface area contributed by atoms with E-state index in [9.17, 15) is 5.11 Å². The Bertz CT molecular complexity index is 358. The molecule has 2 rings (SSSR count). The SMILES string of the molecule is COC1(Cc2cc(Br)ccc2O)CNC1. The standard InChI is InChI=1S/C11H14BrNO2/c1-15-11(6-13-7-11)5-8-4-9(12)2-3-10(8)14/h2-4,13-14H,5-7H2,1H3. The Balaban J connectivity index is 2.19. The number of hydrogen-bond acceptors (Lipinski definition) is 3. The highest BCUT2D eigenvalue weighted by Crippen LogP contribution is 2.29. The van der Waals surface area contributed by atoms with Crippen LogP contribution in [0.5, 0.6) is 5.75 Å². The zero-order chi connectivity index (χ0) is 10.9. The van der Waals surface area contributed by atoms with Crippen molar-refractivity contribution in [2.75, 3.05) is 20.2 Å². The Hall–Kier alpha value is -0.580. The van der Waals surface area contributed by atoms with Gasteiger partial charge in [-0.1, -0.05) is 15.9 Å². The first-order chi connectivity index (χ1) is 7.15. The van der Waals surface area contributed by atoms with E-state index in [-0.39, 0.29) is 5.60 Å². The van der Waals surface area contributed by atoms with Crippen LogP contribution in [0.1, 0.15) is 5.56 Å². The molecule has 82 valence electrons. The van der Waals surface area contributed by atoms with E-state index in [4.69, 9.17) is 4.74 Å². The topological polar surface area (TPSA) is 41.5 Å². The Labute approximate surface area is 97.6 Å². The molecule has 3 nitrogen and oxygen atoms in total. The number of nitrogens with one attached hydrogen (secondary N) is 1. The number of phenols is 1. The summed E-state index contributed by atoms with van der Waals surface area (Å²) >= 11 is 3.40. The van der Waals surface area contributed by atoms with Gasteiger partial charge in [-0.25, -0.2) is 0 Å². The third-order valence-electron chi connectivity index (χ3n) is 2.88. The summed E-state index contributed by atoms with van der Waals surface area (Å²) in [6.07, 6.45) is 0.738. The van der Waals surface area contributed by atoms with E-state index >= 15 is 0 Å². The fourth-order valence-electron chi connectivity index (χ4n) is 1.79. The molecule has 0 unspecified atom stereocenters. The molecule has 0 aliphatic carbocycles. The summed E-state index contributed by atoms with van der Waals surface area (Å²) in [7, 11) is 1.72. The first-order valence-corrected chi connectivity index (χ1v) is 5.68. The predicted molar refractivity (Wildman–Crippen MR) is 62.1 cm³/mol. The smallest absolute Gasteiger partial charge is 0.118 e. The average molecular weight is 272 g/mol. The number of halogens is 1. The van der Waals surface area contributed by atoms with Gasteiger partial charge in [-0.2, -0.15) is 0 Å². The highest BCUT2D eigenvalue weighted by Gasteiger charge is 2.37. The molecule has 2 N–H and O–H groups in total. The number of rotatable bonds is 3. The maximum absolute atomic E-state index is 9.72. The minimum absolute atomic E-state index is 0.141. The van der Waals surface area contributed by atoms with Gasteiger partial charge in [0, 0.05) is 31.1 Å². The summed E-state index contributed by atoms with van der Waals surface area (Å²) in [5, 5.41) is 12.9. The normalized spacial score (nSPS) is 18.5. The molecule has 0 bridgehead atoms. The Kier molecular flexibility index (Phi) is 3.00. The van der Waals surface area contributed by atoms with Gasteiger partial charge < -0.3 is 15.2 Å². The number of methoxy groups -OCH3 is 1. The van der Waals surface area contributed by atoms with E-state index in [2.05, 4.69) is 21.2 Å². The zero-order valence-corrected chi connectivity index (χ0v) is 10.2. The van der Waals surface area contributed by atoms with Gasteiger partial charge in [0.2, 0.25) is 0 Å². The summed E-state index contributed by atoms with van der Waals surface area (Å²) in [5.74, 6) is 0.335. The quantitative estimate of drug-likeness (QED) is 0.879. The third kappa shape index (κ3) is 2.17. The average Bonchev–Trinajstić information content (AvgIpc) is 2.17. The van der Waals surface area contributed by atoms with Crippen molar-refractivity contribution in [1.82, 2.24) is 5.32 Å². The van der Waals surface area contributed by atoms with Gasteiger partial charge in [0.25, 0.3) is 0 Å². The molecule has 0 radical (unpaired) electrons. The molecule has 0 amide bonds. The van der Waals surface area contributed by atoms with E-state index < -0.39 is 0 Å². The molecule has 0 aromatic heterocycles. The Morgan fingerprint density at radius 3 is 2.80 bits per heavy atom. The molecular formula is C11H14BrNO2. The molecular weight excluding hydrogens is 258 g/mol. The number of phenolic OH excluding ortho intramolecular Hbond substituents is 1. The van der Waals surface area contributed by atoms with Crippen molar-refractivity contribution in [2.24, 2.45) is 0 Å². The second-order valence-electron chi connectivity index (χ2n) is 3.94. The summed E-state index contributed by atoms with van der Waals surface area (Å²) in [6.45, 7) is 1.69. The summed E-state index contributed by atoms with van der Waals surface area (Å²) < 4.78 is 6.46. The molecule has 4 heteroatoms. The van der Waals surface area contributed by atoms with E-state index in [1.807, 2.05) is 12.1 Å². The number of benzene rings is 1. The van der Waals surface area contributed by atoms with Gasteiger partial charge in [0.05, 0.1) is 5.60 Å². The second kappa shape index (κ2) is 4.12. The van der Waals surface area contributed by atoms with Crippen molar-refractivity contribution < 1.29 is 9.84 Å². The van der Waals surface area contributed by atoms with Gasteiger partial charge >= 0.3 is 0 Å². The van der Waals surface area contributed by atoms with Crippen LogP contribution in [-0.4, -0.2) is 30.9 Å². The van der Waals surface area contributed by atoms with Crippen LogP contribution in [0, 0.1) is 0 Å². The van der Waals surface area contributed by atoms with E-state index in [0.717, 1.165) is 29.5 Å². The number of hydrogen-bond donors (Lipinski definition) is 2. The number of ether oxygens (including phenoxy) is 1. The minimum atomic E-state index is -0.141. The van der Waals surface area contributed by atoms with E-state index in [1.54, 1.807) is 13.2 Å². The second-order valence-corrected chi connectivity index (χ2v) is 4.86. The van der Waals surface area contributed by atoms with Crippen LogP contribution in [-0.2, 0) is 11.2 Å². The minimum Gasteiger partial charge on any atom is -0.508 e. The lowest BCUT2D eigenvalue weighted by Gasteiger charge is -2.41. The molecule has 1 aromatic carbocycles. The Morgan fingerprint density at radius 2 is 2.27 bits per heavy atom. The fourth-order valence-corrected chi connectivity index (χ4v) is 2.20. The molecule has 1 aromatic rings. The molecule has 15 heavy (non-hydrogen) atoms. The largest absolute Gasteiger partial charge is 0.508 e. The molecule has 1 aliphatic heterocycles. The molecule has 1 saturated heterocycles. The van der Waals surface area contributed by atoms with Crippen molar-refractivity contribution in [3.05, 3.63) is 28.2 Å². The highest BCUT2D eigenvalue weighted by atomic mass is 79.9. The van der Waals surface area contributed by atoms with Crippen molar-refractivity contribution in [3.63, 3.8) is 0 Å². The number of aromatic hydroxyl groups is 1. The molecule has 1 fully saturated rings. The van der Waals surface area contributed by atoms with Crippen LogP contribution in [0.3, 0.4) is 0 Å². The van der Waals surface area contributed by atoms with Crippen LogP contribution < -0.4 is 5.32 Å². The maximum Gasteiger partial charge on any atom is 0.118 e. The maximum atomic E-state index is 9.72. The van der Waals surface area contributed by atoms with E-state index in [1.165, 1.54) is 0 Å². The monoisotopic (exact) mass is 271 g/mol. The lowest BCUT2D eigenvalue weighted by molar-refractivity contribution is -0.0505. The van der Waals surface area contributed by atoms with Crippen LogP contribution >= 0.6 is 15.9 Å². The fraction of sp³-hybridized carbons (Fsp3) is 0.455. The highest BCUT2D eigenvalue weighted by molar-refractivity contribution is 9.10. The van der Waals surface area contributed by atoms with Crippen molar-refractivity contribution in [2.45, 2.75) is 12.0 Å². The summed E-state index contributed by atoms with van der Waals surface area (Å²) in [5.41, 5.74) is 0.783. The van der Waals surface area contributed by atoms with E-state index in [0.29, 0.717) is 5.75 Å². The van der Waals surface area contributed by atoms with Crippen molar-refractivity contribution in [3.8, 4) is 5.75 Å². The van der Waals surface area contributed by atoms with Crippen LogP contribution in [0.15, 0.2) is 22.7 Å². The molecule has 0 spiro atoms. The van der Waals surface area contributed by atoms with Crippen molar-refractivity contribution >= 4 is 15.9 Å². The molecule has 0 atom stereocenters. The summed E-state index contributed by atoms with van der Waals surface area (Å²) in [6, 6.07) is 5.47. The Morgan fingerprint density at radius 1 is 1.53 bits per heavy atom. The van der Waals surface area contributed by atoms with Gasteiger partial charge in [0.15, 0.2) is 0 Å². The first kappa shape index (κ1) is 10.9. The molecule has 1 aliphatic rings. The predicted octanol–water partition coefficient (Wildman–Crippen LogP) is 1.69. The van der Waals surface area contributed by atoms with Crippen LogP contribution in [0.2, 0.25) is 0 Å². The van der Waals surface area contributed by atoms with Gasteiger partial charge in [-0.3, -0.25) is 0 Å². The van der Waals surface area contributed by atoms with Crippen LogP contribution in [0.4, 0.5) is 0 Å². The van der Waals surface area contributed by atoms with Crippen LogP contribution in [0.25, 0.3) is 0 Å². The van der Waals surface area contributed by atoms with Gasteiger partial charge in [-0.05, 0) is 23.8 Å². The summed E-state index contributed by atoms with van der Waals surface area (Å²) in [4.78, 5) is 0. The third-order valence-corrected chi connectivity index (χ3v) is 3.37. The first-order valence-electron chi connectivity index (χ1n) is 4.88. The molecule has 0 saturated carbocycles. The lowest BCUT2D eigenvalue weighted by atomic mass is 9.88. The van der Waals surface area contributed by atoms with Crippen molar-refractivity contribution in [1.29, 1.82) is 0 Å². The zero-order valence-electron chi connectivity index (χ0n) is 8.59. The van der Waals surface area contributed by atoms with Gasteiger partial charge in [-0.15, -0.1) is 0 Å². The lowest BCUT2D eigenvalue weighted by Crippen LogP contribution is -2.61. The van der Waals surface area contributed by atoms with Gasteiger partial charge in [0.1, 0.15) is 5.75 Å². The molecule has 1 heterocycles.